The van der Waals surface area contributed by atoms with Crippen molar-refractivity contribution in [3.63, 3.8) is 0 Å². The van der Waals surface area contributed by atoms with Gasteiger partial charge in [-0.25, -0.2) is 0 Å². The minimum Gasteiger partial charge on any atom is -0.550 e. The SMILES string of the molecule is CC(C)(C)[NH3+].CCCCCCCC(CC(=O)O)OC1OC(CO)C(O)C(O)C1O.CCCCCCCC(CC(=O)[O-])OC1OC(CO)C(O)C(O)C1O. The van der Waals surface area contributed by atoms with Crippen LogP contribution in [0.3, 0.4) is 0 Å². The molecular weight excluding hydrogens is 702 g/mol. The van der Waals surface area contributed by atoms with Crippen LogP contribution >= 0.6 is 0 Å². The van der Waals surface area contributed by atoms with E-state index in [-0.39, 0.29) is 18.4 Å². The van der Waals surface area contributed by atoms with Crippen molar-refractivity contribution in [2.45, 2.75) is 204 Å². The molecule has 53 heavy (non-hydrogen) atoms. The average Bonchev–Trinajstić information content (AvgIpc) is 3.07. The number of carboxylic acid groups (broad SMARTS) is 2. The lowest BCUT2D eigenvalue weighted by molar-refractivity contribution is -0.458. The van der Waals surface area contributed by atoms with Crippen LogP contribution in [0.5, 0.6) is 0 Å². The van der Waals surface area contributed by atoms with E-state index in [4.69, 9.17) is 34.3 Å². The second kappa shape index (κ2) is 27.9. The highest BCUT2D eigenvalue weighted by molar-refractivity contribution is 5.67. The van der Waals surface area contributed by atoms with Crippen LogP contribution in [0.4, 0.5) is 0 Å². The van der Waals surface area contributed by atoms with Crippen LogP contribution in [0.15, 0.2) is 0 Å². The predicted molar refractivity (Wildman–Crippen MR) is 189 cm³/mol. The van der Waals surface area contributed by atoms with E-state index in [1.807, 2.05) is 0 Å². The molecule has 0 radical (unpaired) electrons. The van der Waals surface area contributed by atoms with E-state index in [9.17, 15) is 45.3 Å². The maximum absolute atomic E-state index is 11.0. The summed E-state index contributed by atoms with van der Waals surface area (Å²) in [5.74, 6) is -2.31. The molecule has 2 fully saturated rings. The maximum Gasteiger partial charge on any atom is 0.305 e. The smallest absolute Gasteiger partial charge is 0.305 e. The van der Waals surface area contributed by atoms with Crippen molar-refractivity contribution in [1.82, 2.24) is 0 Å². The summed E-state index contributed by atoms with van der Waals surface area (Å²) in [6.45, 7) is 9.32. The summed E-state index contributed by atoms with van der Waals surface area (Å²) in [4.78, 5) is 21.9. The molecule has 17 heteroatoms. The first-order chi connectivity index (χ1) is 24.8. The number of rotatable bonds is 22. The molecule has 0 aromatic rings. The Bertz CT molecular complexity index is 877. The first-order valence-corrected chi connectivity index (χ1v) is 19.0. The Kier molecular flexibility index (Phi) is 27.1. The van der Waals surface area contributed by atoms with Gasteiger partial charge in [-0.05, 0) is 33.6 Å². The highest BCUT2D eigenvalue weighted by Gasteiger charge is 2.46. The van der Waals surface area contributed by atoms with Gasteiger partial charge in [0.15, 0.2) is 12.6 Å². The van der Waals surface area contributed by atoms with Crippen molar-refractivity contribution in [2.24, 2.45) is 0 Å². The van der Waals surface area contributed by atoms with Gasteiger partial charge in [0.25, 0.3) is 0 Å². The molecule has 0 spiro atoms. The van der Waals surface area contributed by atoms with Gasteiger partial charge in [-0.3, -0.25) is 4.79 Å². The van der Waals surface area contributed by atoms with Crippen molar-refractivity contribution in [1.29, 1.82) is 0 Å². The van der Waals surface area contributed by atoms with Crippen LogP contribution in [0.1, 0.15) is 125 Å². The number of carboxylic acids is 2. The third-order valence-corrected chi connectivity index (χ3v) is 8.41. The fourth-order valence-electron chi connectivity index (χ4n) is 5.51. The molecule has 0 bridgehead atoms. The number of ether oxygens (including phenoxy) is 4. The van der Waals surface area contributed by atoms with Gasteiger partial charge < -0.3 is 80.5 Å². The number of aliphatic carboxylic acids is 2. The Hall–Kier alpha value is -1.58. The summed E-state index contributed by atoms with van der Waals surface area (Å²) in [6, 6.07) is 0. The summed E-state index contributed by atoms with van der Waals surface area (Å²) < 4.78 is 21.5. The number of carbonyl (C=O) groups is 2. The third-order valence-electron chi connectivity index (χ3n) is 8.41. The van der Waals surface area contributed by atoms with Gasteiger partial charge in [0.1, 0.15) is 48.8 Å². The predicted octanol–water partition coefficient (Wildman–Crippen LogP) is -1.29. The molecule has 2 aliphatic rings. The largest absolute Gasteiger partial charge is 0.550 e. The first kappa shape index (κ1) is 51.4. The van der Waals surface area contributed by atoms with Gasteiger partial charge in [-0.1, -0.05) is 78.1 Å². The zero-order chi connectivity index (χ0) is 40.7. The Morgan fingerprint density at radius 3 is 1.28 bits per heavy atom. The lowest BCUT2D eigenvalue weighted by Gasteiger charge is -2.41. The van der Waals surface area contributed by atoms with Gasteiger partial charge in [-0.15, -0.1) is 0 Å². The lowest BCUT2D eigenvalue weighted by Crippen LogP contribution is -2.67. The fourth-order valence-corrected chi connectivity index (χ4v) is 5.51. The van der Waals surface area contributed by atoms with E-state index < -0.39 is 98.8 Å². The quantitative estimate of drug-likeness (QED) is 0.0572. The average molecular weight is 774 g/mol. The lowest BCUT2D eigenvalue weighted by atomic mass is 9.99. The minimum absolute atomic E-state index is 0.247. The molecule has 12 unspecified atom stereocenters. The van der Waals surface area contributed by atoms with Crippen molar-refractivity contribution in [3.05, 3.63) is 0 Å². The van der Waals surface area contributed by atoms with E-state index in [2.05, 4.69) is 40.4 Å². The molecular formula is C36H71NO16. The molecule has 0 aliphatic carbocycles. The second-order valence-corrected chi connectivity index (χ2v) is 15.1. The van der Waals surface area contributed by atoms with E-state index in [1.54, 1.807) is 0 Å². The summed E-state index contributed by atoms with van der Waals surface area (Å²) in [7, 11) is 0. The van der Waals surface area contributed by atoms with Crippen LogP contribution in [-0.2, 0) is 28.5 Å². The molecule has 0 aromatic carbocycles. The molecule has 2 aliphatic heterocycles. The molecule has 2 rings (SSSR count). The molecule has 0 saturated carbocycles. The van der Waals surface area contributed by atoms with Crippen LogP contribution in [0.2, 0.25) is 0 Å². The van der Waals surface area contributed by atoms with Crippen LogP contribution in [0, 0.1) is 0 Å². The molecule has 0 aromatic heterocycles. The fraction of sp³-hybridized carbons (Fsp3) is 0.944. The Labute approximate surface area is 314 Å². The zero-order valence-electron chi connectivity index (χ0n) is 32.3. The number of hydrogen-bond donors (Lipinski definition) is 10. The van der Waals surface area contributed by atoms with E-state index in [0.717, 1.165) is 64.2 Å². The Morgan fingerprint density at radius 2 is 0.981 bits per heavy atom. The van der Waals surface area contributed by atoms with Crippen LogP contribution < -0.4 is 10.8 Å². The Morgan fingerprint density at radius 1 is 0.642 bits per heavy atom. The highest BCUT2D eigenvalue weighted by Crippen LogP contribution is 2.26. The van der Waals surface area contributed by atoms with Crippen LogP contribution in [-0.4, -0.2) is 150 Å². The van der Waals surface area contributed by atoms with E-state index in [1.165, 1.54) is 0 Å². The molecule has 316 valence electrons. The number of quaternary nitrogens is 1. The number of carbonyl (C=O) groups excluding carboxylic acids is 1. The number of unbranched alkanes of at least 4 members (excludes halogenated alkanes) is 8. The first-order valence-electron chi connectivity index (χ1n) is 19.0. The topological polar surface area (TPSA) is 304 Å². The normalized spacial score (nSPS) is 29.9. The van der Waals surface area contributed by atoms with Gasteiger partial charge in [0, 0.05) is 12.4 Å². The van der Waals surface area contributed by atoms with Crippen molar-refractivity contribution >= 4 is 11.9 Å². The highest BCUT2D eigenvalue weighted by atomic mass is 16.7. The summed E-state index contributed by atoms with van der Waals surface area (Å²) in [6.07, 6.45) is -4.89. The number of hydrogen-bond acceptors (Lipinski definition) is 15. The maximum atomic E-state index is 11.0. The third kappa shape index (κ3) is 22.5. The molecule has 2 saturated heterocycles. The number of aliphatic hydroxyl groups excluding tert-OH is 8. The van der Waals surface area contributed by atoms with Crippen molar-refractivity contribution in [2.75, 3.05) is 13.2 Å². The number of aliphatic hydroxyl groups is 8. The van der Waals surface area contributed by atoms with E-state index >= 15 is 0 Å². The summed E-state index contributed by atoms with van der Waals surface area (Å²) in [5, 5.41) is 97.0. The summed E-state index contributed by atoms with van der Waals surface area (Å²) >= 11 is 0. The monoisotopic (exact) mass is 773 g/mol. The summed E-state index contributed by atoms with van der Waals surface area (Å²) in [5.41, 5.74) is 4.02. The minimum atomic E-state index is -1.55. The molecule has 12 atom stereocenters. The van der Waals surface area contributed by atoms with E-state index in [0.29, 0.717) is 12.8 Å². The second-order valence-electron chi connectivity index (χ2n) is 15.1. The van der Waals surface area contributed by atoms with Gasteiger partial charge >= 0.3 is 5.97 Å². The van der Waals surface area contributed by atoms with Gasteiger partial charge in [0.05, 0.1) is 37.4 Å². The zero-order valence-corrected chi connectivity index (χ0v) is 32.3. The Balaban J connectivity index is 0.000000904. The van der Waals surface area contributed by atoms with Gasteiger partial charge in [-0.2, -0.15) is 0 Å². The van der Waals surface area contributed by atoms with Crippen LogP contribution in [0.25, 0.3) is 0 Å². The molecule has 0 amide bonds. The van der Waals surface area contributed by atoms with Crippen molar-refractivity contribution < 1.29 is 85.3 Å². The molecule has 12 N–H and O–H groups in total. The standard InChI is InChI=1S/2C16H30O8.C4H11N/c2*1-2-3-4-5-6-7-10(8-12(18)19)23-16-15(22)14(21)13(20)11(9-17)24-16;1-4(2,3)5/h2*10-11,13-17,20-22H,2-9H2,1H3,(H,18,19);5H2,1-3H3. The molecule has 17 nitrogen and oxygen atoms in total. The van der Waals surface area contributed by atoms with Gasteiger partial charge in [0.2, 0.25) is 0 Å². The van der Waals surface area contributed by atoms with Crippen molar-refractivity contribution in [3.8, 4) is 0 Å². The molecule has 2 heterocycles.